The lowest BCUT2D eigenvalue weighted by Gasteiger charge is -2.35. The van der Waals surface area contributed by atoms with Gasteiger partial charge in [-0.25, -0.2) is 0 Å². The Bertz CT molecular complexity index is 556. The van der Waals surface area contributed by atoms with Gasteiger partial charge in [-0.3, -0.25) is 9.59 Å². The minimum Gasteiger partial charge on any atom is -0.355 e. The second kappa shape index (κ2) is 8.83. The van der Waals surface area contributed by atoms with E-state index >= 15 is 0 Å². The van der Waals surface area contributed by atoms with E-state index in [1.165, 1.54) is 11.3 Å². The molecule has 2 N–H and O–H groups in total. The highest BCUT2D eigenvalue weighted by atomic mass is 16.2. The molecule has 1 aliphatic heterocycles. The first kappa shape index (κ1) is 18.5. The van der Waals surface area contributed by atoms with Crippen LogP contribution in [0.3, 0.4) is 0 Å². The van der Waals surface area contributed by atoms with E-state index in [1.807, 2.05) is 24.3 Å². The van der Waals surface area contributed by atoms with Gasteiger partial charge in [-0.05, 0) is 37.8 Å². The molecule has 2 atom stereocenters. The van der Waals surface area contributed by atoms with Crippen LogP contribution < -0.4 is 10.2 Å². The number of carbonyl (C=O) groups is 2. The van der Waals surface area contributed by atoms with Gasteiger partial charge in [-0.1, -0.05) is 19.1 Å². The van der Waals surface area contributed by atoms with E-state index in [4.69, 9.17) is 0 Å². The topological polar surface area (TPSA) is 53.9 Å². The molecule has 5 heteroatoms. The maximum absolute atomic E-state index is 12.6. The van der Waals surface area contributed by atoms with Gasteiger partial charge < -0.3 is 15.1 Å². The zero-order valence-corrected chi connectivity index (χ0v) is 15.1. The minimum absolute atomic E-state index is 0.0758. The monoisotopic (exact) mass is 332 g/mol. The predicted molar refractivity (Wildman–Crippen MR) is 94.9 cm³/mol. The smallest absolute Gasteiger partial charge is 0.278 e. The van der Waals surface area contributed by atoms with E-state index in [-0.39, 0.29) is 11.8 Å². The molecule has 0 radical (unpaired) electrons. The number of likely N-dealkylation sites (tertiary alicyclic amines) is 1. The largest absolute Gasteiger partial charge is 0.355 e. The van der Waals surface area contributed by atoms with Gasteiger partial charge in [0.05, 0.1) is 7.05 Å². The van der Waals surface area contributed by atoms with Crippen molar-refractivity contribution in [1.29, 1.82) is 0 Å². The van der Waals surface area contributed by atoms with Crippen LogP contribution in [0, 0.1) is 0 Å². The molecule has 2 amide bonds. The number of rotatable bonds is 6. The summed E-state index contributed by atoms with van der Waals surface area (Å²) < 4.78 is 0. The highest BCUT2D eigenvalue weighted by Gasteiger charge is 2.27. The van der Waals surface area contributed by atoms with Crippen molar-refractivity contribution in [2.75, 3.05) is 27.2 Å². The summed E-state index contributed by atoms with van der Waals surface area (Å²) in [5.74, 6) is 0.189. The molecule has 5 nitrogen and oxygen atoms in total. The summed E-state index contributed by atoms with van der Waals surface area (Å²) in [5, 5.41) is 2.62. The molecule has 0 aliphatic carbocycles. The molecule has 2 rings (SSSR count). The second-order valence-electron chi connectivity index (χ2n) is 6.73. The van der Waals surface area contributed by atoms with Crippen molar-refractivity contribution in [3.8, 4) is 0 Å². The molecule has 1 heterocycles. The fraction of sp³-hybridized carbons (Fsp3) is 0.579. The van der Waals surface area contributed by atoms with Gasteiger partial charge in [0.2, 0.25) is 0 Å². The fourth-order valence-electron chi connectivity index (χ4n) is 3.44. The van der Waals surface area contributed by atoms with Crippen molar-refractivity contribution >= 4 is 11.8 Å². The average Bonchev–Trinajstić information content (AvgIpc) is 2.61. The molecule has 1 aliphatic rings. The van der Waals surface area contributed by atoms with Gasteiger partial charge in [0, 0.05) is 30.8 Å². The molecule has 1 saturated heterocycles. The van der Waals surface area contributed by atoms with Crippen LogP contribution in [0.5, 0.6) is 0 Å². The van der Waals surface area contributed by atoms with E-state index < -0.39 is 0 Å². The fourth-order valence-corrected chi connectivity index (χ4v) is 3.44. The standard InChI is InChI=1S/C19H29N3O2/c1-4-17-7-5-6-12-22(17)18(23)14-21(3)13-15-8-10-16(11-9-15)19(24)20-2/h8-11,17H,4-7,12-14H2,1-3H3,(H,20,24)/p+1/t17-/m0/s1. The lowest BCUT2D eigenvalue weighted by Crippen LogP contribution is -3.09. The Balaban J connectivity index is 1.89. The number of piperidine rings is 1. The predicted octanol–water partition coefficient (Wildman–Crippen LogP) is 0.852. The van der Waals surface area contributed by atoms with Crippen molar-refractivity contribution in [3.05, 3.63) is 35.4 Å². The van der Waals surface area contributed by atoms with E-state index in [2.05, 4.69) is 24.2 Å². The van der Waals surface area contributed by atoms with Gasteiger partial charge in [-0.15, -0.1) is 0 Å². The highest BCUT2D eigenvalue weighted by molar-refractivity contribution is 5.93. The number of hydrogen-bond donors (Lipinski definition) is 2. The summed E-state index contributed by atoms with van der Waals surface area (Å²) in [6.07, 6.45) is 4.55. The van der Waals surface area contributed by atoms with Crippen LogP contribution in [-0.2, 0) is 11.3 Å². The summed E-state index contributed by atoms with van der Waals surface area (Å²) in [7, 11) is 3.68. The Morgan fingerprint density at radius 2 is 1.96 bits per heavy atom. The summed E-state index contributed by atoms with van der Waals surface area (Å²) in [5.41, 5.74) is 1.80. The highest BCUT2D eigenvalue weighted by Crippen LogP contribution is 2.19. The molecule has 0 aromatic heterocycles. The van der Waals surface area contributed by atoms with E-state index in [0.717, 1.165) is 37.9 Å². The molecule has 1 unspecified atom stereocenters. The zero-order valence-electron chi connectivity index (χ0n) is 15.1. The molecule has 0 spiro atoms. The number of nitrogens with zero attached hydrogens (tertiary/aromatic N) is 1. The maximum atomic E-state index is 12.6. The van der Waals surface area contributed by atoms with E-state index in [1.54, 1.807) is 7.05 Å². The van der Waals surface area contributed by atoms with Crippen molar-refractivity contribution in [2.24, 2.45) is 0 Å². The van der Waals surface area contributed by atoms with Gasteiger partial charge >= 0.3 is 0 Å². The molecule has 132 valence electrons. The normalized spacial score (nSPS) is 19.0. The van der Waals surface area contributed by atoms with Crippen LogP contribution in [-0.4, -0.2) is 49.9 Å². The summed E-state index contributed by atoms with van der Waals surface area (Å²) in [6, 6.07) is 8.02. The second-order valence-corrected chi connectivity index (χ2v) is 6.73. The number of likely N-dealkylation sites (N-methyl/N-ethyl adjacent to an activating group) is 1. The lowest BCUT2D eigenvalue weighted by molar-refractivity contribution is -0.885. The SMILES string of the molecule is CC[C@H]1CCCCN1C(=O)C[NH+](C)Cc1ccc(C(=O)NC)cc1. The Kier molecular flexibility index (Phi) is 6.79. The number of benzene rings is 1. The molecular weight excluding hydrogens is 302 g/mol. The van der Waals surface area contributed by atoms with Crippen LogP contribution in [0.1, 0.15) is 48.5 Å². The van der Waals surface area contributed by atoms with Crippen molar-refractivity contribution in [2.45, 2.75) is 45.2 Å². The van der Waals surface area contributed by atoms with Gasteiger partial charge in [-0.2, -0.15) is 0 Å². The maximum Gasteiger partial charge on any atom is 0.278 e. The summed E-state index contributed by atoms with van der Waals surface area (Å²) >= 11 is 0. The lowest BCUT2D eigenvalue weighted by atomic mass is 10.00. The van der Waals surface area contributed by atoms with Crippen molar-refractivity contribution < 1.29 is 14.5 Å². The van der Waals surface area contributed by atoms with Gasteiger partial charge in [0.15, 0.2) is 6.54 Å². The first-order valence-electron chi connectivity index (χ1n) is 8.97. The van der Waals surface area contributed by atoms with Gasteiger partial charge in [0.1, 0.15) is 6.54 Å². The minimum atomic E-state index is -0.0758. The number of amides is 2. The number of nitrogens with one attached hydrogen (secondary N) is 2. The molecule has 1 aromatic rings. The first-order chi connectivity index (χ1) is 11.5. The first-order valence-corrected chi connectivity index (χ1v) is 8.97. The third-order valence-corrected chi connectivity index (χ3v) is 4.82. The number of quaternary nitrogens is 1. The third-order valence-electron chi connectivity index (χ3n) is 4.82. The summed E-state index contributed by atoms with van der Waals surface area (Å²) in [4.78, 5) is 27.4. The quantitative estimate of drug-likeness (QED) is 0.812. The number of hydrogen-bond acceptors (Lipinski definition) is 2. The van der Waals surface area contributed by atoms with E-state index in [9.17, 15) is 9.59 Å². The molecular formula is C19H30N3O2+. The van der Waals surface area contributed by atoms with Crippen LogP contribution in [0.25, 0.3) is 0 Å². The van der Waals surface area contributed by atoms with E-state index in [0.29, 0.717) is 18.2 Å². The van der Waals surface area contributed by atoms with Crippen LogP contribution >= 0.6 is 0 Å². The molecule has 1 fully saturated rings. The Hall–Kier alpha value is -1.88. The molecule has 0 bridgehead atoms. The molecule has 1 aromatic carbocycles. The van der Waals surface area contributed by atoms with Crippen LogP contribution in [0.15, 0.2) is 24.3 Å². The van der Waals surface area contributed by atoms with Crippen molar-refractivity contribution in [3.63, 3.8) is 0 Å². The Morgan fingerprint density at radius 1 is 1.25 bits per heavy atom. The Labute approximate surface area is 145 Å². The van der Waals surface area contributed by atoms with Gasteiger partial charge in [0.25, 0.3) is 11.8 Å². The van der Waals surface area contributed by atoms with Crippen LogP contribution in [0.2, 0.25) is 0 Å². The average molecular weight is 332 g/mol. The molecule has 0 saturated carbocycles. The Morgan fingerprint density at radius 3 is 2.58 bits per heavy atom. The summed E-state index contributed by atoms with van der Waals surface area (Å²) in [6.45, 7) is 4.38. The zero-order chi connectivity index (χ0) is 17.5. The number of carbonyl (C=O) groups excluding carboxylic acids is 2. The molecule has 24 heavy (non-hydrogen) atoms. The van der Waals surface area contributed by atoms with Crippen LogP contribution in [0.4, 0.5) is 0 Å². The van der Waals surface area contributed by atoms with Crippen molar-refractivity contribution in [1.82, 2.24) is 10.2 Å². The third kappa shape index (κ3) is 4.81.